The first-order valence-electron chi connectivity index (χ1n) is 8.01. The van der Waals surface area contributed by atoms with Gasteiger partial charge in [0.25, 0.3) is 5.91 Å². The summed E-state index contributed by atoms with van der Waals surface area (Å²) >= 11 is 0. The largest absolute Gasteiger partial charge is 0.349 e. The Bertz CT molecular complexity index is 684. The summed E-state index contributed by atoms with van der Waals surface area (Å²) in [7, 11) is 0. The van der Waals surface area contributed by atoms with Gasteiger partial charge in [0.1, 0.15) is 5.69 Å². The van der Waals surface area contributed by atoms with E-state index in [2.05, 4.69) is 51.4 Å². The average Bonchev–Trinajstić information content (AvgIpc) is 2.59. The number of aryl methyl sites for hydroxylation is 1. The van der Waals surface area contributed by atoms with Crippen molar-refractivity contribution in [3.63, 3.8) is 0 Å². The minimum atomic E-state index is -0.165. The Labute approximate surface area is 136 Å². The minimum Gasteiger partial charge on any atom is -0.349 e. The molecular formula is C18H22N4O. The highest BCUT2D eigenvalue weighted by molar-refractivity contribution is 5.91. The van der Waals surface area contributed by atoms with Crippen LogP contribution in [-0.2, 0) is 13.0 Å². The fraction of sp³-hybridized carbons (Fsp3) is 0.389. The minimum absolute atomic E-state index is 0.165. The molecule has 0 saturated heterocycles. The van der Waals surface area contributed by atoms with Crippen LogP contribution in [0.2, 0.25) is 0 Å². The Morgan fingerprint density at radius 3 is 2.78 bits per heavy atom. The summed E-state index contributed by atoms with van der Waals surface area (Å²) < 4.78 is 0. The molecular weight excluding hydrogens is 288 g/mol. The van der Waals surface area contributed by atoms with Crippen LogP contribution in [0.5, 0.6) is 0 Å². The number of amides is 1. The highest BCUT2D eigenvalue weighted by atomic mass is 16.1. The van der Waals surface area contributed by atoms with Crippen LogP contribution in [0, 0.1) is 6.92 Å². The number of benzene rings is 1. The van der Waals surface area contributed by atoms with Crippen molar-refractivity contribution < 1.29 is 4.79 Å². The molecule has 0 aliphatic carbocycles. The van der Waals surface area contributed by atoms with Crippen molar-refractivity contribution in [2.45, 2.75) is 32.9 Å². The maximum atomic E-state index is 12.1. The maximum absolute atomic E-state index is 12.1. The van der Waals surface area contributed by atoms with Crippen molar-refractivity contribution in [3.8, 4) is 0 Å². The molecule has 3 rings (SSSR count). The van der Waals surface area contributed by atoms with E-state index in [9.17, 15) is 4.79 Å². The van der Waals surface area contributed by atoms with Crippen LogP contribution in [0.25, 0.3) is 0 Å². The van der Waals surface area contributed by atoms with Gasteiger partial charge in [-0.1, -0.05) is 24.3 Å². The van der Waals surface area contributed by atoms with E-state index in [4.69, 9.17) is 0 Å². The van der Waals surface area contributed by atoms with E-state index in [0.717, 1.165) is 25.2 Å². The van der Waals surface area contributed by atoms with Gasteiger partial charge in [0.15, 0.2) is 0 Å². The number of aromatic nitrogens is 2. The van der Waals surface area contributed by atoms with Gasteiger partial charge in [-0.3, -0.25) is 14.7 Å². The lowest BCUT2D eigenvalue weighted by Crippen LogP contribution is -2.44. The van der Waals surface area contributed by atoms with Crippen LogP contribution in [-0.4, -0.2) is 39.9 Å². The van der Waals surface area contributed by atoms with E-state index in [1.807, 2.05) is 6.92 Å². The topological polar surface area (TPSA) is 58.1 Å². The van der Waals surface area contributed by atoms with Crippen molar-refractivity contribution in [2.75, 3.05) is 13.1 Å². The summed E-state index contributed by atoms with van der Waals surface area (Å²) in [6.07, 6.45) is 4.20. The molecule has 5 nitrogen and oxygen atoms in total. The molecule has 0 bridgehead atoms. The molecule has 23 heavy (non-hydrogen) atoms. The van der Waals surface area contributed by atoms with Gasteiger partial charge in [-0.25, -0.2) is 4.98 Å². The summed E-state index contributed by atoms with van der Waals surface area (Å²) in [6, 6.07) is 8.86. The van der Waals surface area contributed by atoms with Gasteiger partial charge in [-0.15, -0.1) is 0 Å². The molecule has 120 valence electrons. The van der Waals surface area contributed by atoms with Gasteiger partial charge >= 0.3 is 0 Å². The molecule has 1 aromatic heterocycles. The second-order valence-corrected chi connectivity index (χ2v) is 6.09. The highest BCUT2D eigenvalue weighted by Gasteiger charge is 2.21. The molecule has 1 aromatic carbocycles. The monoisotopic (exact) mass is 310 g/mol. The van der Waals surface area contributed by atoms with Crippen LogP contribution >= 0.6 is 0 Å². The van der Waals surface area contributed by atoms with Gasteiger partial charge < -0.3 is 5.32 Å². The van der Waals surface area contributed by atoms with E-state index in [0.29, 0.717) is 12.2 Å². The Balaban J connectivity index is 1.55. The first-order chi connectivity index (χ1) is 11.1. The number of carbonyl (C=O) groups excluding carboxylic acids is 1. The van der Waals surface area contributed by atoms with E-state index in [1.54, 1.807) is 6.20 Å². The zero-order chi connectivity index (χ0) is 16.2. The Kier molecular flexibility index (Phi) is 4.67. The fourth-order valence-electron chi connectivity index (χ4n) is 2.86. The summed E-state index contributed by atoms with van der Waals surface area (Å²) in [5.41, 5.74) is 4.00. The summed E-state index contributed by atoms with van der Waals surface area (Å²) in [5, 5.41) is 2.96. The van der Waals surface area contributed by atoms with Crippen molar-refractivity contribution >= 4 is 5.91 Å². The van der Waals surface area contributed by atoms with Crippen molar-refractivity contribution in [1.29, 1.82) is 0 Å². The molecule has 0 radical (unpaired) electrons. The average molecular weight is 310 g/mol. The molecule has 2 aromatic rings. The van der Waals surface area contributed by atoms with Gasteiger partial charge in [-0.2, -0.15) is 0 Å². The van der Waals surface area contributed by atoms with E-state index < -0.39 is 0 Å². The zero-order valence-corrected chi connectivity index (χ0v) is 13.6. The van der Waals surface area contributed by atoms with E-state index >= 15 is 0 Å². The van der Waals surface area contributed by atoms with E-state index in [1.165, 1.54) is 17.3 Å². The van der Waals surface area contributed by atoms with Crippen LogP contribution in [0.1, 0.15) is 34.2 Å². The second-order valence-electron chi connectivity index (χ2n) is 6.09. The third-order valence-corrected chi connectivity index (χ3v) is 4.36. The van der Waals surface area contributed by atoms with Gasteiger partial charge in [0, 0.05) is 31.9 Å². The number of fused-ring (bicyclic) bond motifs is 1. The Hall–Kier alpha value is -2.27. The van der Waals surface area contributed by atoms with Crippen LogP contribution < -0.4 is 5.32 Å². The van der Waals surface area contributed by atoms with Crippen molar-refractivity contribution in [3.05, 3.63) is 59.2 Å². The van der Waals surface area contributed by atoms with E-state index in [-0.39, 0.29) is 11.9 Å². The van der Waals surface area contributed by atoms with Crippen LogP contribution in [0.15, 0.2) is 36.7 Å². The number of nitrogens with zero attached hydrogens (tertiary/aromatic N) is 3. The molecule has 0 spiro atoms. The first kappa shape index (κ1) is 15.6. The third kappa shape index (κ3) is 3.74. The predicted octanol–water partition coefficient (Wildman–Crippen LogP) is 1.96. The first-order valence-corrected chi connectivity index (χ1v) is 8.01. The summed E-state index contributed by atoms with van der Waals surface area (Å²) in [5.74, 6) is -0.165. The molecule has 0 saturated carbocycles. The lowest BCUT2D eigenvalue weighted by atomic mass is 9.99. The number of carbonyl (C=O) groups is 1. The molecule has 0 fully saturated rings. The van der Waals surface area contributed by atoms with Gasteiger partial charge in [0.2, 0.25) is 0 Å². The van der Waals surface area contributed by atoms with Crippen molar-refractivity contribution in [1.82, 2.24) is 20.2 Å². The smallest absolute Gasteiger partial charge is 0.271 e. The molecule has 1 aliphatic heterocycles. The molecule has 1 unspecified atom stereocenters. The molecule has 5 heteroatoms. The molecule has 1 aliphatic rings. The molecule has 1 amide bonds. The third-order valence-electron chi connectivity index (χ3n) is 4.36. The maximum Gasteiger partial charge on any atom is 0.271 e. The SMILES string of the molecule is Cc1cnc(C(=O)NCC(C)N2CCc3ccccc3C2)cn1. The second kappa shape index (κ2) is 6.87. The van der Waals surface area contributed by atoms with Crippen molar-refractivity contribution in [2.24, 2.45) is 0 Å². The van der Waals surface area contributed by atoms with Gasteiger partial charge in [-0.05, 0) is 31.4 Å². The van der Waals surface area contributed by atoms with Crippen LogP contribution in [0.4, 0.5) is 0 Å². The normalized spacial score (nSPS) is 15.7. The molecule has 1 N–H and O–H groups in total. The summed E-state index contributed by atoms with van der Waals surface area (Å²) in [6.45, 7) is 6.58. The summed E-state index contributed by atoms with van der Waals surface area (Å²) in [4.78, 5) is 22.7. The van der Waals surface area contributed by atoms with Crippen LogP contribution in [0.3, 0.4) is 0 Å². The number of hydrogen-bond donors (Lipinski definition) is 1. The predicted molar refractivity (Wildman–Crippen MR) is 89.1 cm³/mol. The lowest BCUT2D eigenvalue weighted by molar-refractivity contribution is 0.0927. The highest BCUT2D eigenvalue weighted by Crippen LogP contribution is 2.19. The Morgan fingerprint density at radius 2 is 2.04 bits per heavy atom. The number of hydrogen-bond acceptors (Lipinski definition) is 4. The number of nitrogens with one attached hydrogen (secondary N) is 1. The quantitative estimate of drug-likeness (QED) is 0.938. The lowest BCUT2D eigenvalue weighted by Gasteiger charge is -2.33. The van der Waals surface area contributed by atoms with Gasteiger partial charge in [0.05, 0.1) is 11.9 Å². The zero-order valence-electron chi connectivity index (χ0n) is 13.6. The molecule has 1 atom stereocenters. The fourth-order valence-corrected chi connectivity index (χ4v) is 2.86. The molecule has 2 heterocycles. The number of rotatable bonds is 4. The standard InChI is InChI=1S/C18H22N4O/c1-13-9-20-17(11-19-13)18(23)21-10-14(2)22-8-7-15-5-3-4-6-16(15)12-22/h3-6,9,11,14H,7-8,10,12H2,1-2H3,(H,21,23). The Morgan fingerprint density at radius 1 is 1.26 bits per heavy atom.